The molecule has 0 fully saturated rings. The minimum Gasteiger partial charge on any atom is -0.309 e. The molecule has 7 heteroatoms. The second kappa shape index (κ2) is 5.12. The van der Waals surface area contributed by atoms with Crippen LogP contribution in [0.4, 0.5) is 5.69 Å². The number of aromatic nitrogens is 2. The molecule has 0 saturated carbocycles. The molecular formula is C11H7ClN4OS. The minimum absolute atomic E-state index is 0.228. The summed E-state index contributed by atoms with van der Waals surface area (Å²) in [7, 11) is 1.62. The SMILES string of the molecule is CN(C(=O)c1nnc(Cl)s1)c1ccc(C#N)cc1. The van der Waals surface area contributed by atoms with Crippen molar-refractivity contribution >= 4 is 34.5 Å². The van der Waals surface area contributed by atoms with E-state index < -0.39 is 0 Å². The van der Waals surface area contributed by atoms with E-state index >= 15 is 0 Å². The Bertz CT molecular complexity index is 617. The lowest BCUT2D eigenvalue weighted by Gasteiger charge is -2.15. The van der Waals surface area contributed by atoms with Crippen LogP contribution < -0.4 is 4.90 Å². The van der Waals surface area contributed by atoms with Crippen LogP contribution in [0, 0.1) is 11.3 Å². The molecule has 0 saturated heterocycles. The van der Waals surface area contributed by atoms with Crippen molar-refractivity contribution in [1.29, 1.82) is 5.26 Å². The molecular weight excluding hydrogens is 272 g/mol. The first-order chi connectivity index (χ1) is 8.61. The van der Waals surface area contributed by atoms with E-state index in [1.807, 2.05) is 6.07 Å². The fourth-order valence-electron chi connectivity index (χ4n) is 1.31. The van der Waals surface area contributed by atoms with Gasteiger partial charge >= 0.3 is 0 Å². The highest BCUT2D eigenvalue weighted by molar-refractivity contribution is 7.17. The van der Waals surface area contributed by atoms with Gasteiger partial charge in [0.1, 0.15) is 0 Å². The van der Waals surface area contributed by atoms with Gasteiger partial charge in [-0.05, 0) is 35.9 Å². The maximum Gasteiger partial charge on any atom is 0.289 e. The zero-order chi connectivity index (χ0) is 13.1. The van der Waals surface area contributed by atoms with Gasteiger partial charge in [0.25, 0.3) is 5.91 Å². The van der Waals surface area contributed by atoms with Crippen LogP contribution >= 0.6 is 22.9 Å². The number of anilines is 1. The largest absolute Gasteiger partial charge is 0.309 e. The number of nitriles is 1. The summed E-state index contributed by atoms with van der Waals surface area (Å²) < 4.78 is 0.228. The van der Waals surface area contributed by atoms with Crippen molar-refractivity contribution in [1.82, 2.24) is 10.2 Å². The van der Waals surface area contributed by atoms with Crippen molar-refractivity contribution in [3.05, 3.63) is 39.3 Å². The average molecular weight is 279 g/mol. The molecule has 1 aromatic heterocycles. The van der Waals surface area contributed by atoms with Crippen LogP contribution in [-0.2, 0) is 0 Å². The maximum absolute atomic E-state index is 12.0. The highest BCUT2D eigenvalue weighted by Gasteiger charge is 2.17. The Morgan fingerprint density at radius 3 is 2.56 bits per heavy atom. The van der Waals surface area contributed by atoms with Crippen LogP contribution in [0.3, 0.4) is 0 Å². The molecule has 0 unspecified atom stereocenters. The summed E-state index contributed by atoms with van der Waals surface area (Å²) in [5.74, 6) is -0.288. The van der Waals surface area contributed by atoms with Crippen LogP contribution in [0.15, 0.2) is 24.3 Å². The Morgan fingerprint density at radius 1 is 1.39 bits per heavy atom. The van der Waals surface area contributed by atoms with Crippen molar-refractivity contribution in [3.8, 4) is 6.07 Å². The number of carbonyl (C=O) groups excluding carboxylic acids is 1. The maximum atomic E-state index is 12.0. The van der Waals surface area contributed by atoms with E-state index in [9.17, 15) is 4.79 Å². The van der Waals surface area contributed by atoms with Gasteiger partial charge in [-0.3, -0.25) is 4.79 Å². The quantitative estimate of drug-likeness (QED) is 0.845. The monoisotopic (exact) mass is 278 g/mol. The van der Waals surface area contributed by atoms with E-state index in [1.165, 1.54) is 4.90 Å². The second-order valence-corrected chi connectivity index (χ2v) is 4.94. The molecule has 5 nitrogen and oxygen atoms in total. The number of halogens is 1. The third-order valence-corrected chi connectivity index (χ3v) is 3.28. The Hall–Kier alpha value is -1.97. The lowest BCUT2D eigenvalue weighted by atomic mass is 10.2. The van der Waals surface area contributed by atoms with E-state index in [0.717, 1.165) is 11.3 Å². The van der Waals surface area contributed by atoms with Gasteiger partial charge in [-0.1, -0.05) is 11.3 Å². The summed E-state index contributed by atoms with van der Waals surface area (Å²) in [6.07, 6.45) is 0. The van der Waals surface area contributed by atoms with Gasteiger partial charge in [-0.2, -0.15) is 5.26 Å². The summed E-state index contributed by atoms with van der Waals surface area (Å²) in [4.78, 5) is 13.5. The number of nitrogens with zero attached hydrogens (tertiary/aromatic N) is 4. The molecule has 0 aliphatic carbocycles. The molecule has 2 aromatic rings. The first-order valence-corrected chi connectivity index (χ1v) is 6.08. The smallest absolute Gasteiger partial charge is 0.289 e. The predicted molar refractivity (Wildman–Crippen MR) is 68.8 cm³/mol. The fraction of sp³-hybridized carbons (Fsp3) is 0.0909. The van der Waals surface area contributed by atoms with Crippen molar-refractivity contribution in [2.45, 2.75) is 0 Å². The third kappa shape index (κ3) is 2.47. The summed E-state index contributed by atoms with van der Waals surface area (Å²) in [6.45, 7) is 0. The van der Waals surface area contributed by atoms with Crippen molar-refractivity contribution in [2.24, 2.45) is 0 Å². The van der Waals surface area contributed by atoms with Gasteiger partial charge in [0, 0.05) is 12.7 Å². The normalized spacial score (nSPS) is 9.83. The number of benzene rings is 1. The standard InChI is InChI=1S/C11H7ClN4OS/c1-16(8-4-2-7(6-13)3-5-8)10(17)9-14-15-11(12)18-9/h2-5H,1H3. The molecule has 0 aliphatic heterocycles. The summed E-state index contributed by atoms with van der Waals surface area (Å²) >= 11 is 6.66. The van der Waals surface area contributed by atoms with Crippen LogP contribution in [0.5, 0.6) is 0 Å². The molecule has 0 spiro atoms. The lowest BCUT2D eigenvalue weighted by molar-refractivity contribution is 0.0992. The third-order valence-electron chi connectivity index (χ3n) is 2.27. The van der Waals surface area contributed by atoms with Crippen LogP contribution in [0.25, 0.3) is 0 Å². The van der Waals surface area contributed by atoms with Gasteiger partial charge in [0.05, 0.1) is 11.6 Å². The molecule has 18 heavy (non-hydrogen) atoms. The molecule has 0 aliphatic rings. The Balaban J connectivity index is 2.23. The van der Waals surface area contributed by atoms with Crippen LogP contribution in [0.1, 0.15) is 15.4 Å². The molecule has 1 heterocycles. The number of rotatable bonds is 2. The molecule has 1 amide bonds. The van der Waals surface area contributed by atoms with Crippen molar-refractivity contribution in [2.75, 3.05) is 11.9 Å². The average Bonchev–Trinajstić information content (AvgIpc) is 2.84. The second-order valence-electron chi connectivity index (χ2n) is 3.38. The number of hydrogen-bond donors (Lipinski definition) is 0. The first kappa shape index (κ1) is 12.5. The molecule has 0 radical (unpaired) electrons. The molecule has 1 aromatic carbocycles. The van der Waals surface area contributed by atoms with Gasteiger partial charge in [-0.25, -0.2) is 0 Å². The van der Waals surface area contributed by atoms with Crippen LogP contribution in [0.2, 0.25) is 4.47 Å². The Labute approximate surface area is 112 Å². The van der Waals surface area contributed by atoms with E-state index in [1.54, 1.807) is 31.3 Å². The van der Waals surface area contributed by atoms with Gasteiger partial charge < -0.3 is 4.90 Å². The zero-order valence-corrected chi connectivity index (χ0v) is 10.9. The van der Waals surface area contributed by atoms with Crippen molar-refractivity contribution in [3.63, 3.8) is 0 Å². The van der Waals surface area contributed by atoms with Crippen molar-refractivity contribution < 1.29 is 4.79 Å². The van der Waals surface area contributed by atoms with E-state index in [0.29, 0.717) is 11.3 Å². The fourth-order valence-corrected chi connectivity index (χ4v) is 2.12. The van der Waals surface area contributed by atoms with E-state index in [2.05, 4.69) is 10.2 Å². The zero-order valence-electron chi connectivity index (χ0n) is 9.29. The van der Waals surface area contributed by atoms with E-state index in [4.69, 9.17) is 16.9 Å². The predicted octanol–water partition coefficient (Wildman–Crippen LogP) is 2.34. The summed E-state index contributed by atoms with van der Waals surface area (Å²) in [5.41, 5.74) is 1.21. The topological polar surface area (TPSA) is 69.9 Å². The number of hydrogen-bond acceptors (Lipinski definition) is 5. The van der Waals surface area contributed by atoms with Gasteiger partial charge in [-0.15, -0.1) is 10.2 Å². The molecule has 0 bridgehead atoms. The molecule has 0 N–H and O–H groups in total. The highest BCUT2D eigenvalue weighted by Crippen LogP contribution is 2.20. The van der Waals surface area contributed by atoms with Crippen LogP contribution in [-0.4, -0.2) is 23.2 Å². The number of amides is 1. The summed E-state index contributed by atoms with van der Waals surface area (Å²) in [5, 5.41) is 16.2. The van der Waals surface area contributed by atoms with Gasteiger partial charge in [0.2, 0.25) is 9.47 Å². The summed E-state index contributed by atoms with van der Waals surface area (Å²) in [6, 6.07) is 8.69. The minimum atomic E-state index is -0.288. The first-order valence-electron chi connectivity index (χ1n) is 4.89. The highest BCUT2D eigenvalue weighted by atomic mass is 35.5. The molecule has 0 atom stereocenters. The van der Waals surface area contributed by atoms with Gasteiger partial charge in [0.15, 0.2) is 0 Å². The Morgan fingerprint density at radius 2 is 2.06 bits per heavy atom. The lowest BCUT2D eigenvalue weighted by Crippen LogP contribution is -2.26. The molecule has 2 rings (SSSR count). The Kier molecular flexibility index (Phi) is 3.55. The number of carbonyl (C=O) groups is 1. The molecule has 90 valence electrons. The van der Waals surface area contributed by atoms with E-state index in [-0.39, 0.29) is 15.4 Å².